The summed E-state index contributed by atoms with van der Waals surface area (Å²) in [5, 5.41) is 0. The van der Waals surface area contributed by atoms with Crippen LogP contribution < -0.4 is 10.5 Å². The predicted octanol–water partition coefficient (Wildman–Crippen LogP) is 2.19. The summed E-state index contributed by atoms with van der Waals surface area (Å²) >= 11 is 0. The van der Waals surface area contributed by atoms with Gasteiger partial charge in [-0.05, 0) is 38.5 Å². The standard InChI is InChI=1S/C19H24N4O2/c1-12-19(13(2)22-11-21-12)17-7-14(20)3-4-18(17)24-6-5-23-9-16-8-15(23)10-25-16/h3-4,7,11,15-16H,5-6,8-10,20H2,1-2H3/t15-,16-/m0/s1. The van der Waals surface area contributed by atoms with Gasteiger partial charge in [0.25, 0.3) is 0 Å². The van der Waals surface area contributed by atoms with Gasteiger partial charge in [0.15, 0.2) is 0 Å². The first kappa shape index (κ1) is 16.3. The van der Waals surface area contributed by atoms with E-state index < -0.39 is 0 Å². The molecule has 0 spiro atoms. The minimum atomic E-state index is 0.420. The molecule has 132 valence electrons. The summed E-state index contributed by atoms with van der Waals surface area (Å²) in [5.41, 5.74) is 10.5. The first-order valence-electron chi connectivity index (χ1n) is 8.78. The van der Waals surface area contributed by atoms with Crippen LogP contribution in [0.25, 0.3) is 11.1 Å². The van der Waals surface area contributed by atoms with Gasteiger partial charge in [0, 0.05) is 47.3 Å². The maximum Gasteiger partial charge on any atom is 0.127 e. The first-order valence-corrected chi connectivity index (χ1v) is 8.78. The number of aryl methyl sites for hydroxylation is 2. The van der Waals surface area contributed by atoms with E-state index in [1.807, 2.05) is 32.0 Å². The number of hydrogen-bond acceptors (Lipinski definition) is 6. The van der Waals surface area contributed by atoms with Gasteiger partial charge >= 0.3 is 0 Å². The lowest BCUT2D eigenvalue weighted by Crippen LogP contribution is -2.39. The van der Waals surface area contributed by atoms with Crippen molar-refractivity contribution in [3.8, 4) is 16.9 Å². The molecular formula is C19H24N4O2. The van der Waals surface area contributed by atoms with Crippen molar-refractivity contribution in [3.05, 3.63) is 35.9 Å². The van der Waals surface area contributed by atoms with Crippen LogP contribution in [0.3, 0.4) is 0 Å². The second-order valence-electron chi connectivity index (χ2n) is 6.86. The molecule has 0 saturated carbocycles. The Bertz CT molecular complexity index is 760. The first-order chi connectivity index (χ1) is 12.1. The number of benzene rings is 1. The molecule has 6 nitrogen and oxygen atoms in total. The van der Waals surface area contributed by atoms with Crippen molar-refractivity contribution >= 4 is 5.69 Å². The number of aromatic nitrogens is 2. The molecule has 2 saturated heterocycles. The van der Waals surface area contributed by atoms with Gasteiger partial charge in [-0.25, -0.2) is 9.97 Å². The van der Waals surface area contributed by atoms with Gasteiger partial charge in [0.2, 0.25) is 0 Å². The number of nitrogens with two attached hydrogens (primary N) is 1. The second-order valence-corrected chi connectivity index (χ2v) is 6.86. The van der Waals surface area contributed by atoms with E-state index >= 15 is 0 Å². The molecule has 2 aliphatic rings. The van der Waals surface area contributed by atoms with Crippen LogP contribution in [0.1, 0.15) is 17.8 Å². The van der Waals surface area contributed by atoms with Gasteiger partial charge in [0.1, 0.15) is 18.7 Å². The minimum absolute atomic E-state index is 0.420. The molecule has 2 N–H and O–H groups in total. The molecule has 0 radical (unpaired) electrons. The zero-order valence-corrected chi connectivity index (χ0v) is 14.7. The van der Waals surface area contributed by atoms with E-state index in [1.54, 1.807) is 6.33 Å². The molecule has 4 rings (SSSR count). The van der Waals surface area contributed by atoms with E-state index in [2.05, 4.69) is 14.9 Å². The molecule has 2 aliphatic heterocycles. The fraction of sp³-hybridized carbons (Fsp3) is 0.474. The molecule has 1 aromatic carbocycles. The molecule has 0 amide bonds. The van der Waals surface area contributed by atoms with E-state index in [4.69, 9.17) is 15.2 Å². The summed E-state index contributed by atoms with van der Waals surface area (Å²) in [6.07, 6.45) is 3.17. The summed E-state index contributed by atoms with van der Waals surface area (Å²) in [7, 11) is 0. The molecule has 2 atom stereocenters. The van der Waals surface area contributed by atoms with Gasteiger partial charge in [-0.1, -0.05) is 0 Å². The highest BCUT2D eigenvalue weighted by atomic mass is 16.5. The number of nitrogens with zero attached hydrogens (tertiary/aromatic N) is 3. The smallest absolute Gasteiger partial charge is 0.127 e. The maximum atomic E-state index is 6.13. The number of hydrogen-bond donors (Lipinski definition) is 1. The van der Waals surface area contributed by atoms with Crippen LogP contribution in [-0.4, -0.2) is 53.3 Å². The topological polar surface area (TPSA) is 73.5 Å². The van der Waals surface area contributed by atoms with Crippen LogP contribution in [0.15, 0.2) is 24.5 Å². The Balaban J connectivity index is 1.52. The molecule has 25 heavy (non-hydrogen) atoms. The molecule has 1 aromatic heterocycles. The zero-order valence-electron chi connectivity index (χ0n) is 14.7. The van der Waals surface area contributed by atoms with E-state index in [1.165, 1.54) is 0 Å². The molecular weight excluding hydrogens is 316 g/mol. The van der Waals surface area contributed by atoms with E-state index in [-0.39, 0.29) is 0 Å². The third-order valence-corrected chi connectivity index (χ3v) is 5.15. The number of morpholine rings is 1. The highest BCUT2D eigenvalue weighted by molar-refractivity contribution is 5.76. The predicted molar refractivity (Wildman–Crippen MR) is 96.6 cm³/mol. The monoisotopic (exact) mass is 340 g/mol. The van der Waals surface area contributed by atoms with Crippen molar-refractivity contribution in [2.75, 3.05) is 32.0 Å². The van der Waals surface area contributed by atoms with Crippen molar-refractivity contribution in [2.45, 2.75) is 32.4 Å². The van der Waals surface area contributed by atoms with E-state index in [9.17, 15) is 0 Å². The Morgan fingerprint density at radius 3 is 2.76 bits per heavy atom. The van der Waals surface area contributed by atoms with Crippen molar-refractivity contribution in [1.82, 2.24) is 14.9 Å². The van der Waals surface area contributed by atoms with Gasteiger partial charge < -0.3 is 15.2 Å². The Morgan fingerprint density at radius 2 is 2.08 bits per heavy atom. The molecule has 2 fully saturated rings. The van der Waals surface area contributed by atoms with Crippen LogP contribution in [-0.2, 0) is 4.74 Å². The lowest BCUT2D eigenvalue weighted by molar-refractivity contribution is 0.0258. The molecule has 6 heteroatoms. The normalized spacial score (nSPS) is 22.5. The Kier molecular flexibility index (Phi) is 4.31. The zero-order chi connectivity index (χ0) is 17.4. The maximum absolute atomic E-state index is 6.13. The Hall–Kier alpha value is -2.18. The number of fused-ring (bicyclic) bond motifs is 2. The number of likely N-dealkylation sites (tertiary alicyclic amines) is 1. The largest absolute Gasteiger partial charge is 0.492 e. The van der Waals surface area contributed by atoms with E-state index in [0.29, 0.717) is 24.4 Å². The average Bonchev–Trinajstić information content (AvgIpc) is 3.19. The fourth-order valence-corrected chi connectivity index (χ4v) is 3.88. The van der Waals surface area contributed by atoms with Crippen LogP contribution in [0, 0.1) is 13.8 Å². The van der Waals surface area contributed by atoms with Crippen LogP contribution >= 0.6 is 0 Å². The number of anilines is 1. The van der Waals surface area contributed by atoms with Gasteiger partial charge in [0.05, 0.1) is 12.7 Å². The third kappa shape index (κ3) is 3.19. The molecule has 2 aromatic rings. The molecule has 0 unspecified atom stereocenters. The summed E-state index contributed by atoms with van der Waals surface area (Å²) in [5.74, 6) is 0.829. The lowest BCUT2D eigenvalue weighted by atomic mass is 10.0. The van der Waals surface area contributed by atoms with Crippen LogP contribution in [0.5, 0.6) is 5.75 Å². The molecule has 2 bridgehead atoms. The van der Waals surface area contributed by atoms with Crippen LogP contribution in [0.2, 0.25) is 0 Å². The fourth-order valence-electron chi connectivity index (χ4n) is 3.88. The van der Waals surface area contributed by atoms with Gasteiger partial charge in [-0.15, -0.1) is 0 Å². The van der Waals surface area contributed by atoms with E-state index in [0.717, 1.165) is 54.4 Å². The average molecular weight is 340 g/mol. The third-order valence-electron chi connectivity index (χ3n) is 5.15. The van der Waals surface area contributed by atoms with Crippen molar-refractivity contribution < 1.29 is 9.47 Å². The lowest BCUT2D eigenvalue weighted by Gasteiger charge is -2.26. The Labute approximate surface area is 148 Å². The summed E-state index contributed by atoms with van der Waals surface area (Å²) in [6.45, 7) is 7.41. The number of nitrogen functional groups attached to an aromatic ring is 1. The quantitative estimate of drug-likeness (QED) is 0.841. The van der Waals surface area contributed by atoms with Crippen LogP contribution in [0.4, 0.5) is 5.69 Å². The highest BCUT2D eigenvalue weighted by Crippen LogP contribution is 2.35. The van der Waals surface area contributed by atoms with Gasteiger partial charge in [-0.3, -0.25) is 4.90 Å². The second kappa shape index (κ2) is 6.61. The summed E-state index contributed by atoms with van der Waals surface area (Å²) in [4.78, 5) is 11.1. The molecule has 0 aliphatic carbocycles. The summed E-state index contributed by atoms with van der Waals surface area (Å²) < 4.78 is 11.8. The Morgan fingerprint density at radius 1 is 1.28 bits per heavy atom. The van der Waals surface area contributed by atoms with Crippen molar-refractivity contribution in [2.24, 2.45) is 0 Å². The van der Waals surface area contributed by atoms with Crippen molar-refractivity contribution in [3.63, 3.8) is 0 Å². The molecule has 3 heterocycles. The number of rotatable bonds is 5. The van der Waals surface area contributed by atoms with Crippen molar-refractivity contribution in [1.29, 1.82) is 0 Å². The minimum Gasteiger partial charge on any atom is -0.492 e. The number of ether oxygens (including phenoxy) is 2. The SMILES string of the molecule is Cc1ncnc(C)c1-c1cc(N)ccc1OCCN1C[C@@H]2C[C@H]1CO2. The highest BCUT2D eigenvalue weighted by Gasteiger charge is 2.38. The summed E-state index contributed by atoms with van der Waals surface area (Å²) in [6, 6.07) is 6.32. The van der Waals surface area contributed by atoms with Gasteiger partial charge in [-0.2, -0.15) is 0 Å².